The molecule has 0 saturated heterocycles. The summed E-state index contributed by atoms with van der Waals surface area (Å²) in [4.78, 5) is 10.5. The van der Waals surface area contributed by atoms with E-state index in [0.717, 1.165) is 5.75 Å². The zero-order chi connectivity index (χ0) is 13.0. The molecule has 0 spiro atoms. The lowest BCUT2D eigenvalue weighted by atomic mass is 10.0. The van der Waals surface area contributed by atoms with Crippen molar-refractivity contribution < 1.29 is 14.6 Å². The fourth-order valence-corrected chi connectivity index (χ4v) is 2.13. The molecule has 1 aliphatic rings. The molecule has 1 unspecified atom stereocenters. The summed E-state index contributed by atoms with van der Waals surface area (Å²) in [5.74, 6) is 0.734. The Kier molecular flexibility index (Phi) is 4.20. The molecule has 98 valence electrons. The predicted octanol–water partition coefficient (Wildman–Crippen LogP) is 2.21. The van der Waals surface area contributed by atoms with Crippen LogP contribution in [0.2, 0.25) is 0 Å². The van der Waals surface area contributed by atoms with Crippen molar-refractivity contribution >= 4 is 5.97 Å². The number of rotatable bonds is 7. The summed E-state index contributed by atoms with van der Waals surface area (Å²) in [6.45, 7) is 0.516. The summed E-state index contributed by atoms with van der Waals surface area (Å²) in [6.07, 6.45) is 2.60. The number of carboxylic acids is 1. The van der Waals surface area contributed by atoms with E-state index in [-0.39, 0.29) is 12.5 Å². The van der Waals surface area contributed by atoms with Gasteiger partial charge in [0.05, 0.1) is 13.5 Å². The fraction of sp³-hybridized carbons (Fsp3) is 0.500. The minimum absolute atomic E-state index is 0.166. The van der Waals surface area contributed by atoms with Crippen LogP contribution < -0.4 is 10.1 Å². The summed E-state index contributed by atoms with van der Waals surface area (Å²) in [6, 6.07) is 8.27. The van der Waals surface area contributed by atoms with Crippen LogP contribution in [0.15, 0.2) is 24.3 Å². The number of nitrogens with one attached hydrogen (secondary N) is 1. The second kappa shape index (κ2) is 5.87. The van der Waals surface area contributed by atoms with Crippen LogP contribution in [0.25, 0.3) is 0 Å². The van der Waals surface area contributed by atoms with Crippen LogP contribution in [-0.2, 0) is 4.79 Å². The van der Waals surface area contributed by atoms with Crippen LogP contribution in [-0.4, -0.2) is 24.7 Å². The summed E-state index contributed by atoms with van der Waals surface area (Å²) >= 11 is 0. The van der Waals surface area contributed by atoms with Crippen LogP contribution in [0.1, 0.15) is 30.9 Å². The Bertz CT molecular complexity index is 398. The molecule has 0 aromatic heterocycles. The van der Waals surface area contributed by atoms with E-state index >= 15 is 0 Å². The SMILES string of the molecule is COc1ccc(C(NCCC(=O)O)C2CC2)cc1. The third kappa shape index (κ3) is 3.47. The molecule has 0 heterocycles. The molecule has 0 radical (unpaired) electrons. The smallest absolute Gasteiger partial charge is 0.304 e. The van der Waals surface area contributed by atoms with E-state index in [9.17, 15) is 4.79 Å². The molecule has 0 aliphatic heterocycles. The molecule has 2 rings (SSSR count). The minimum atomic E-state index is -0.758. The van der Waals surface area contributed by atoms with Gasteiger partial charge in [0.25, 0.3) is 0 Å². The number of aliphatic carboxylic acids is 1. The first-order valence-electron chi connectivity index (χ1n) is 6.30. The molecule has 1 aromatic carbocycles. The molecular weight excluding hydrogens is 230 g/mol. The van der Waals surface area contributed by atoms with Crippen molar-refractivity contribution in [2.75, 3.05) is 13.7 Å². The molecule has 1 atom stereocenters. The number of hydrogen-bond acceptors (Lipinski definition) is 3. The van der Waals surface area contributed by atoms with Crippen LogP contribution in [0, 0.1) is 5.92 Å². The maximum absolute atomic E-state index is 10.5. The Morgan fingerprint density at radius 1 is 1.44 bits per heavy atom. The Labute approximate surface area is 107 Å². The van der Waals surface area contributed by atoms with Crippen molar-refractivity contribution in [2.24, 2.45) is 5.92 Å². The molecule has 1 fully saturated rings. The molecule has 4 heteroatoms. The Morgan fingerprint density at radius 3 is 2.61 bits per heavy atom. The van der Waals surface area contributed by atoms with Crippen LogP contribution in [0.4, 0.5) is 0 Å². The largest absolute Gasteiger partial charge is 0.497 e. The van der Waals surface area contributed by atoms with Gasteiger partial charge < -0.3 is 15.2 Å². The molecule has 4 nitrogen and oxygen atoms in total. The molecule has 1 aromatic rings. The van der Waals surface area contributed by atoms with Crippen molar-refractivity contribution in [1.29, 1.82) is 0 Å². The molecule has 18 heavy (non-hydrogen) atoms. The van der Waals surface area contributed by atoms with E-state index in [1.165, 1.54) is 18.4 Å². The zero-order valence-corrected chi connectivity index (χ0v) is 10.6. The first-order chi connectivity index (χ1) is 8.70. The van der Waals surface area contributed by atoms with Gasteiger partial charge >= 0.3 is 5.97 Å². The van der Waals surface area contributed by atoms with Crippen molar-refractivity contribution in [3.63, 3.8) is 0 Å². The number of carbonyl (C=O) groups is 1. The van der Waals surface area contributed by atoms with Gasteiger partial charge in [-0.25, -0.2) is 0 Å². The van der Waals surface area contributed by atoms with Crippen LogP contribution in [0.5, 0.6) is 5.75 Å². The Hall–Kier alpha value is -1.55. The summed E-state index contributed by atoms with van der Waals surface area (Å²) < 4.78 is 5.14. The van der Waals surface area contributed by atoms with E-state index < -0.39 is 5.97 Å². The van der Waals surface area contributed by atoms with Gasteiger partial charge in [-0.2, -0.15) is 0 Å². The van der Waals surface area contributed by atoms with Gasteiger partial charge in [-0.3, -0.25) is 4.79 Å². The lowest BCUT2D eigenvalue weighted by molar-refractivity contribution is -0.136. The van der Waals surface area contributed by atoms with E-state index in [2.05, 4.69) is 17.4 Å². The van der Waals surface area contributed by atoms with Crippen LogP contribution >= 0.6 is 0 Å². The van der Waals surface area contributed by atoms with Gasteiger partial charge in [0.2, 0.25) is 0 Å². The summed E-state index contributed by atoms with van der Waals surface area (Å²) in [7, 11) is 1.65. The highest BCUT2D eigenvalue weighted by atomic mass is 16.5. The topological polar surface area (TPSA) is 58.6 Å². The van der Waals surface area contributed by atoms with E-state index in [1.54, 1.807) is 7.11 Å². The van der Waals surface area contributed by atoms with E-state index in [0.29, 0.717) is 12.5 Å². The minimum Gasteiger partial charge on any atom is -0.497 e. The molecule has 0 bridgehead atoms. The first-order valence-corrected chi connectivity index (χ1v) is 6.30. The third-order valence-corrected chi connectivity index (χ3v) is 3.27. The average molecular weight is 249 g/mol. The molecular formula is C14H19NO3. The molecule has 2 N–H and O–H groups in total. The maximum atomic E-state index is 10.5. The highest BCUT2D eigenvalue weighted by Gasteiger charge is 2.31. The number of carboxylic acid groups (broad SMARTS) is 1. The van der Waals surface area contributed by atoms with Gasteiger partial charge in [0, 0.05) is 12.6 Å². The number of methoxy groups -OCH3 is 1. The van der Waals surface area contributed by atoms with Crippen LogP contribution in [0.3, 0.4) is 0 Å². The van der Waals surface area contributed by atoms with Gasteiger partial charge in [-0.1, -0.05) is 12.1 Å². The summed E-state index contributed by atoms with van der Waals surface area (Å²) in [5.41, 5.74) is 1.21. The quantitative estimate of drug-likeness (QED) is 0.778. The number of benzene rings is 1. The zero-order valence-electron chi connectivity index (χ0n) is 10.6. The Balaban J connectivity index is 1.97. The highest BCUT2D eigenvalue weighted by molar-refractivity contribution is 5.66. The van der Waals surface area contributed by atoms with E-state index in [1.807, 2.05) is 12.1 Å². The highest BCUT2D eigenvalue weighted by Crippen LogP contribution is 2.41. The predicted molar refractivity (Wildman–Crippen MR) is 68.7 cm³/mol. The van der Waals surface area contributed by atoms with E-state index in [4.69, 9.17) is 9.84 Å². The van der Waals surface area contributed by atoms with Crippen molar-refractivity contribution in [3.8, 4) is 5.75 Å². The number of hydrogen-bond donors (Lipinski definition) is 2. The second-order valence-corrected chi connectivity index (χ2v) is 4.69. The van der Waals surface area contributed by atoms with Crippen molar-refractivity contribution in [2.45, 2.75) is 25.3 Å². The lowest BCUT2D eigenvalue weighted by Gasteiger charge is -2.18. The fourth-order valence-electron chi connectivity index (χ4n) is 2.13. The Morgan fingerprint density at radius 2 is 2.11 bits per heavy atom. The molecule has 1 aliphatic carbocycles. The third-order valence-electron chi connectivity index (χ3n) is 3.27. The average Bonchev–Trinajstić information content (AvgIpc) is 3.19. The van der Waals surface area contributed by atoms with Gasteiger partial charge in [0.1, 0.15) is 5.75 Å². The van der Waals surface area contributed by atoms with Gasteiger partial charge in [-0.15, -0.1) is 0 Å². The van der Waals surface area contributed by atoms with Gasteiger partial charge in [-0.05, 0) is 36.5 Å². The molecule has 1 saturated carbocycles. The van der Waals surface area contributed by atoms with Crippen molar-refractivity contribution in [3.05, 3.63) is 29.8 Å². The first kappa shape index (κ1) is 12.9. The van der Waals surface area contributed by atoms with Crippen molar-refractivity contribution in [1.82, 2.24) is 5.32 Å². The van der Waals surface area contributed by atoms with Gasteiger partial charge in [0.15, 0.2) is 0 Å². The second-order valence-electron chi connectivity index (χ2n) is 4.69. The maximum Gasteiger partial charge on any atom is 0.304 e. The normalized spacial score (nSPS) is 16.3. The standard InChI is InChI=1S/C14H19NO3/c1-18-12-6-4-11(5-7-12)14(10-2-3-10)15-9-8-13(16)17/h4-7,10,14-15H,2-3,8-9H2,1H3,(H,16,17). The monoisotopic (exact) mass is 249 g/mol. The molecule has 0 amide bonds. The lowest BCUT2D eigenvalue weighted by Crippen LogP contribution is -2.25. The number of ether oxygens (including phenoxy) is 1. The summed E-state index contributed by atoms with van der Waals surface area (Å²) in [5, 5.41) is 12.0.